The van der Waals surface area contributed by atoms with Gasteiger partial charge < -0.3 is 11.1 Å². The fourth-order valence-electron chi connectivity index (χ4n) is 2.28. The third-order valence-corrected chi connectivity index (χ3v) is 3.25. The molecule has 2 unspecified atom stereocenters. The van der Waals surface area contributed by atoms with Crippen LogP contribution in [0.25, 0.3) is 0 Å². The molecule has 1 heterocycles. The number of nitrogens with one attached hydrogen (secondary N) is 1. The number of nitro groups is 1. The van der Waals surface area contributed by atoms with Gasteiger partial charge >= 0.3 is 0 Å². The summed E-state index contributed by atoms with van der Waals surface area (Å²) in [5.74, 6) is 1.16. The molecule has 0 spiro atoms. The van der Waals surface area contributed by atoms with Gasteiger partial charge in [0.1, 0.15) is 12.0 Å². The van der Waals surface area contributed by atoms with Gasteiger partial charge in [-0.25, -0.2) is 4.98 Å². The Bertz CT molecular complexity index is 393. The summed E-state index contributed by atoms with van der Waals surface area (Å²) in [6.45, 7) is 0.671. The van der Waals surface area contributed by atoms with Crippen molar-refractivity contribution in [2.75, 3.05) is 11.9 Å². The van der Waals surface area contributed by atoms with Crippen LogP contribution < -0.4 is 11.1 Å². The van der Waals surface area contributed by atoms with Crippen LogP contribution in [0.4, 0.5) is 11.5 Å². The minimum Gasteiger partial charge on any atom is -0.367 e. The molecule has 6 nitrogen and oxygen atoms in total. The van der Waals surface area contributed by atoms with Gasteiger partial charge in [0.15, 0.2) is 0 Å². The molecule has 0 amide bonds. The average molecular weight is 236 g/mol. The molecule has 2 rings (SSSR count). The van der Waals surface area contributed by atoms with Gasteiger partial charge in [-0.2, -0.15) is 0 Å². The van der Waals surface area contributed by atoms with E-state index in [1.165, 1.54) is 18.7 Å². The molecule has 0 aromatic carbocycles. The standard InChI is InChI=1S/C11H16N4O2/c12-6-8-2-1-3-10(8)14-11-5-4-9(7-13-11)15(16)17/h4-5,7-8,10H,1-3,6,12H2,(H,13,14). The predicted molar refractivity (Wildman–Crippen MR) is 64.7 cm³/mol. The Hall–Kier alpha value is -1.69. The molecule has 0 bridgehead atoms. The SMILES string of the molecule is NCC1CCCC1Nc1ccc([N+](=O)[O-])cn1. The second-order valence-electron chi connectivity index (χ2n) is 4.34. The zero-order chi connectivity index (χ0) is 12.3. The van der Waals surface area contributed by atoms with E-state index in [9.17, 15) is 10.1 Å². The number of hydrogen-bond donors (Lipinski definition) is 2. The Kier molecular flexibility index (Phi) is 3.53. The van der Waals surface area contributed by atoms with Crippen LogP contribution >= 0.6 is 0 Å². The molecule has 1 fully saturated rings. The van der Waals surface area contributed by atoms with Crippen LogP contribution in [0.3, 0.4) is 0 Å². The highest BCUT2D eigenvalue weighted by molar-refractivity contribution is 5.41. The second kappa shape index (κ2) is 5.09. The summed E-state index contributed by atoms with van der Waals surface area (Å²) in [6.07, 6.45) is 4.67. The molecule has 17 heavy (non-hydrogen) atoms. The number of nitrogens with zero attached hydrogens (tertiary/aromatic N) is 2. The minimum atomic E-state index is -0.449. The lowest BCUT2D eigenvalue weighted by Gasteiger charge is -2.19. The van der Waals surface area contributed by atoms with E-state index < -0.39 is 4.92 Å². The summed E-state index contributed by atoms with van der Waals surface area (Å²) < 4.78 is 0. The van der Waals surface area contributed by atoms with E-state index in [2.05, 4.69) is 10.3 Å². The first-order valence-electron chi connectivity index (χ1n) is 5.77. The third kappa shape index (κ3) is 2.71. The number of hydrogen-bond acceptors (Lipinski definition) is 5. The molecule has 1 saturated carbocycles. The van der Waals surface area contributed by atoms with Crippen LogP contribution in [-0.4, -0.2) is 22.5 Å². The van der Waals surface area contributed by atoms with Crippen LogP contribution in [-0.2, 0) is 0 Å². The fourth-order valence-corrected chi connectivity index (χ4v) is 2.28. The van der Waals surface area contributed by atoms with E-state index in [0.29, 0.717) is 24.3 Å². The van der Waals surface area contributed by atoms with Crippen LogP contribution in [0.5, 0.6) is 0 Å². The zero-order valence-electron chi connectivity index (χ0n) is 9.50. The van der Waals surface area contributed by atoms with Crippen molar-refractivity contribution < 1.29 is 4.92 Å². The smallest absolute Gasteiger partial charge is 0.287 e. The minimum absolute atomic E-state index is 0.0114. The molecule has 2 atom stereocenters. The molecule has 1 aliphatic carbocycles. The average Bonchev–Trinajstić information content (AvgIpc) is 2.77. The van der Waals surface area contributed by atoms with Crippen molar-refractivity contribution in [1.29, 1.82) is 0 Å². The monoisotopic (exact) mass is 236 g/mol. The molecule has 1 aromatic rings. The molecule has 1 aliphatic rings. The van der Waals surface area contributed by atoms with Crippen molar-refractivity contribution in [1.82, 2.24) is 4.98 Å². The summed E-state index contributed by atoms with van der Waals surface area (Å²) in [4.78, 5) is 14.1. The molecule has 0 saturated heterocycles. The van der Waals surface area contributed by atoms with Gasteiger partial charge in [0.25, 0.3) is 5.69 Å². The van der Waals surface area contributed by atoms with Crippen molar-refractivity contribution in [3.8, 4) is 0 Å². The lowest BCUT2D eigenvalue weighted by molar-refractivity contribution is -0.385. The van der Waals surface area contributed by atoms with Crippen LogP contribution in [0, 0.1) is 16.0 Å². The Labute approximate surface area is 99.4 Å². The normalized spacial score (nSPS) is 23.6. The van der Waals surface area contributed by atoms with Crippen LogP contribution in [0.15, 0.2) is 18.3 Å². The summed E-state index contributed by atoms with van der Waals surface area (Å²) in [6, 6.07) is 3.44. The first kappa shape index (κ1) is 11.8. The molecular weight excluding hydrogens is 220 g/mol. The Morgan fingerprint density at radius 2 is 2.35 bits per heavy atom. The maximum absolute atomic E-state index is 10.5. The van der Waals surface area contributed by atoms with E-state index in [0.717, 1.165) is 12.8 Å². The molecular formula is C11H16N4O2. The lowest BCUT2D eigenvalue weighted by atomic mass is 10.0. The summed E-state index contributed by atoms with van der Waals surface area (Å²) >= 11 is 0. The second-order valence-corrected chi connectivity index (χ2v) is 4.34. The topological polar surface area (TPSA) is 94.1 Å². The predicted octanol–water partition coefficient (Wildman–Crippen LogP) is 1.53. The van der Waals surface area contributed by atoms with Gasteiger partial charge in [0.05, 0.1) is 4.92 Å². The van der Waals surface area contributed by atoms with E-state index in [4.69, 9.17) is 5.73 Å². The van der Waals surface area contributed by atoms with Gasteiger partial charge in [-0.3, -0.25) is 10.1 Å². The largest absolute Gasteiger partial charge is 0.367 e. The van der Waals surface area contributed by atoms with Gasteiger partial charge in [-0.1, -0.05) is 6.42 Å². The van der Waals surface area contributed by atoms with E-state index in [1.807, 2.05) is 0 Å². The van der Waals surface area contributed by atoms with Gasteiger partial charge in [0.2, 0.25) is 0 Å². The number of nitrogens with two attached hydrogens (primary N) is 1. The van der Waals surface area contributed by atoms with Crippen molar-refractivity contribution >= 4 is 11.5 Å². The van der Waals surface area contributed by atoms with Gasteiger partial charge in [-0.05, 0) is 31.4 Å². The van der Waals surface area contributed by atoms with Crippen LogP contribution in [0.1, 0.15) is 19.3 Å². The Morgan fingerprint density at radius 3 is 2.94 bits per heavy atom. The molecule has 1 aromatic heterocycles. The number of pyridine rings is 1. The number of rotatable bonds is 4. The van der Waals surface area contributed by atoms with Gasteiger partial charge in [0, 0.05) is 12.1 Å². The summed E-state index contributed by atoms with van der Waals surface area (Å²) in [5, 5.41) is 13.8. The quantitative estimate of drug-likeness (QED) is 0.610. The Morgan fingerprint density at radius 1 is 1.53 bits per heavy atom. The number of aromatic nitrogens is 1. The molecule has 6 heteroatoms. The van der Waals surface area contributed by atoms with Crippen molar-refractivity contribution in [3.05, 3.63) is 28.4 Å². The maximum atomic E-state index is 10.5. The zero-order valence-corrected chi connectivity index (χ0v) is 9.50. The Balaban J connectivity index is 2.01. The van der Waals surface area contributed by atoms with Crippen molar-refractivity contribution in [2.24, 2.45) is 11.7 Å². The highest BCUT2D eigenvalue weighted by atomic mass is 16.6. The molecule has 3 N–H and O–H groups in total. The lowest BCUT2D eigenvalue weighted by Crippen LogP contribution is -2.29. The third-order valence-electron chi connectivity index (χ3n) is 3.25. The van der Waals surface area contributed by atoms with Crippen molar-refractivity contribution in [2.45, 2.75) is 25.3 Å². The molecule has 0 radical (unpaired) electrons. The van der Waals surface area contributed by atoms with E-state index >= 15 is 0 Å². The van der Waals surface area contributed by atoms with Gasteiger partial charge in [-0.15, -0.1) is 0 Å². The highest BCUT2D eigenvalue weighted by Crippen LogP contribution is 2.27. The van der Waals surface area contributed by atoms with E-state index in [-0.39, 0.29) is 5.69 Å². The van der Waals surface area contributed by atoms with Crippen molar-refractivity contribution in [3.63, 3.8) is 0 Å². The van der Waals surface area contributed by atoms with Crippen LogP contribution in [0.2, 0.25) is 0 Å². The molecule has 0 aliphatic heterocycles. The number of anilines is 1. The fraction of sp³-hybridized carbons (Fsp3) is 0.545. The maximum Gasteiger partial charge on any atom is 0.287 e. The summed E-state index contributed by atoms with van der Waals surface area (Å²) in [7, 11) is 0. The molecule has 92 valence electrons. The van der Waals surface area contributed by atoms with E-state index in [1.54, 1.807) is 6.07 Å². The highest BCUT2D eigenvalue weighted by Gasteiger charge is 2.26. The first-order valence-corrected chi connectivity index (χ1v) is 5.77. The summed E-state index contributed by atoms with van der Waals surface area (Å²) in [5.41, 5.74) is 5.70. The first-order chi connectivity index (χ1) is 8.20.